The third-order valence-electron chi connectivity index (χ3n) is 3.22. The zero-order valence-corrected chi connectivity index (χ0v) is 11.9. The van der Waals surface area contributed by atoms with Crippen LogP contribution < -0.4 is 5.32 Å². The first-order valence-corrected chi connectivity index (χ1v) is 7.04. The number of thioether (sulfide) groups is 1. The highest BCUT2D eigenvalue weighted by Crippen LogP contribution is 2.41. The summed E-state index contributed by atoms with van der Waals surface area (Å²) in [5.74, 6) is 1.23. The Morgan fingerprint density at radius 3 is 2.89 bits per heavy atom. The molecule has 0 radical (unpaired) electrons. The Kier molecular flexibility index (Phi) is 2.85. The van der Waals surface area contributed by atoms with E-state index in [2.05, 4.69) is 15.5 Å². The van der Waals surface area contributed by atoms with Gasteiger partial charge in [-0.25, -0.2) is 0 Å². The van der Waals surface area contributed by atoms with Gasteiger partial charge < -0.3 is 5.32 Å². The van der Waals surface area contributed by atoms with E-state index in [0.717, 1.165) is 22.6 Å². The van der Waals surface area contributed by atoms with Gasteiger partial charge in [0.15, 0.2) is 0 Å². The van der Waals surface area contributed by atoms with E-state index in [0.29, 0.717) is 5.75 Å². The van der Waals surface area contributed by atoms with Crippen LogP contribution in [0, 0.1) is 6.92 Å². The zero-order chi connectivity index (χ0) is 13.6. The number of rotatable bonds is 1. The summed E-state index contributed by atoms with van der Waals surface area (Å²) >= 11 is 1.61. The molecule has 1 N–H and O–H groups in total. The van der Waals surface area contributed by atoms with Crippen LogP contribution in [0.15, 0.2) is 12.4 Å². The second kappa shape index (κ2) is 4.41. The molecular weight excluding hydrogens is 262 g/mol. The third-order valence-corrected chi connectivity index (χ3v) is 4.49. The molecule has 0 spiro atoms. The molecule has 1 aliphatic heterocycles. The summed E-state index contributed by atoms with van der Waals surface area (Å²) in [5.41, 5.74) is 3.16. The molecule has 0 saturated carbocycles. The summed E-state index contributed by atoms with van der Waals surface area (Å²) < 4.78 is 3.51. The van der Waals surface area contributed by atoms with E-state index in [1.807, 2.05) is 33.4 Å². The van der Waals surface area contributed by atoms with Gasteiger partial charge in [-0.15, -0.1) is 11.8 Å². The maximum Gasteiger partial charge on any atom is 0.235 e. The van der Waals surface area contributed by atoms with Gasteiger partial charge in [0, 0.05) is 31.4 Å². The van der Waals surface area contributed by atoms with E-state index < -0.39 is 0 Å². The molecule has 3 rings (SSSR count). The second-order valence-corrected chi connectivity index (χ2v) is 5.75. The lowest BCUT2D eigenvalue weighted by molar-refractivity contribution is -0.113. The SMILES string of the molecule is Cc1nn(C)cc1[C@H]1SCC(=O)Nc2c1cnn2C. The molecule has 7 heteroatoms. The van der Waals surface area contributed by atoms with Crippen molar-refractivity contribution in [1.29, 1.82) is 0 Å². The Balaban J connectivity index is 2.11. The Morgan fingerprint density at radius 1 is 1.42 bits per heavy atom. The van der Waals surface area contributed by atoms with Crippen LogP contribution in [0.1, 0.15) is 22.1 Å². The molecule has 1 amide bonds. The maximum absolute atomic E-state index is 11.8. The van der Waals surface area contributed by atoms with Crippen LogP contribution in [0.2, 0.25) is 0 Å². The van der Waals surface area contributed by atoms with E-state index in [4.69, 9.17) is 0 Å². The monoisotopic (exact) mass is 277 g/mol. The van der Waals surface area contributed by atoms with Gasteiger partial charge in [-0.1, -0.05) is 0 Å². The molecule has 6 nitrogen and oxygen atoms in total. The molecule has 0 fully saturated rings. The van der Waals surface area contributed by atoms with Gasteiger partial charge in [0.05, 0.1) is 22.9 Å². The minimum Gasteiger partial charge on any atom is -0.310 e. The predicted molar refractivity (Wildman–Crippen MR) is 74.1 cm³/mol. The lowest BCUT2D eigenvalue weighted by Crippen LogP contribution is -2.15. The quantitative estimate of drug-likeness (QED) is 0.851. The Labute approximate surface area is 115 Å². The molecule has 0 aromatic carbocycles. The van der Waals surface area contributed by atoms with Crippen molar-refractivity contribution < 1.29 is 4.79 Å². The summed E-state index contributed by atoms with van der Waals surface area (Å²) in [7, 11) is 3.74. The van der Waals surface area contributed by atoms with Crippen LogP contribution in [0.25, 0.3) is 0 Å². The van der Waals surface area contributed by atoms with E-state index in [1.54, 1.807) is 21.1 Å². The van der Waals surface area contributed by atoms with Gasteiger partial charge >= 0.3 is 0 Å². The molecule has 2 aromatic rings. The van der Waals surface area contributed by atoms with Crippen molar-refractivity contribution in [3.63, 3.8) is 0 Å². The molecular formula is C12H15N5OS. The number of nitrogens with zero attached hydrogens (tertiary/aromatic N) is 4. The van der Waals surface area contributed by atoms with Crippen molar-refractivity contribution in [3.8, 4) is 0 Å². The van der Waals surface area contributed by atoms with Crippen molar-refractivity contribution in [2.75, 3.05) is 11.1 Å². The smallest absolute Gasteiger partial charge is 0.235 e. The second-order valence-electron chi connectivity index (χ2n) is 4.65. The lowest BCUT2D eigenvalue weighted by Gasteiger charge is -2.12. The van der Waals surface area contributed by atoms with E-state index in [1.165, 1.54) is 0 Å². The highest BCUT2D eigenvalue weighted by atomic mass is 32.2. The maximum atomic E-state index is 11.8. The molecule has 0 saturated heterocycles. The first-order chi connectivity index (χ1) is 9.06. The molecule has 3 heterocycles. The Hall–Kier alpha value is -1.76. The molecule has 0 aliphatic carbocycles. The first kappa shape index (κ1) is 12.3. The normalized spacial score (nSPS) is 18.9. The number of carbonyl (C=O) groups is 1. The topological polar surface area (TPSA) is 64.7 Å². The van der Waals surface area contributed by atoms with Gasteiger partial charge in [0.1, 0.15) is 5.82 Å². The number of carbonyl (C=O) groups excluding carboxylic acids is 1. The Morgan fingerprint density at radius 2 is 2.21 bits per heavy atom. The summed E-state index contributed by atoms with van der Waals surface area (Å²) in [5, 5.41) is 11.6. The Bertz CT molecular complexity index is 645. The average Bonchev–Trinajstić information content (AvgIpc) is 2.80. The van der Waals surface area contributed by atoms with Crippen molar-refractivity contribution in [2.24, 2.45) is 14.1 Å². The van der Waals surface area contributed by atoms with Gasteiger partial charge in [0.25, 0.3) is 0 Å². The highest BCUT2D eigenvalue weighted by Gasteiger charge is 2.28. The first-order valence-electron chi connectivity index (χ1n) is 5.99. The van der Waals surface area contributed by atoms with Crippen molar-refractivity contribution in [2.45, 2.75) is 12.2 Å². The van der Waals surface area contributed by atoms with Gasteiger partial charge in [0.2, 0.25) is 5.91 Å². The number of anilines is 1. The number of hydrogen-bond acceptors (Lipinski definition) is 4. The number of fused-ring (bicyclic) bond motifs is 1. The highest BCUT2D eigenvalue weighted by molar-refractivity contribution is 8.00. The van der Waals surface area contributed by atoms with Crippen LogP contribution in [0.3, 0.4) is 0 Å². The van der Waals surface area contributed by atoms with Gasteiger partial charge in [-0.3, -0.25) is 14.2 Å². The standard InChI is InChI=1S/C12H15N5OS/c1-7-9(5-16(2)15-7)11-8-4-13-17(3)12(8)14-10(18)6-19-11/h4-5,11H,6H2,1-3H3,(H,14,18)/t11-/m0/s1. The molecule has 2 aromatic heterocycles. The number of nitrogens with one attached hydrogen (secondary N) is 1. The van der Waals surface area contributed by atoms with Crippen LogP contribution in [0.4, 0.5) is 5.82 Å². The molecule has 1 atom stereocenters. The van der Waals surface area contributed by atoms with Crippen molar-refractivity contribution in [3.05, 3.63) is 29.2 Å². The number of hydrogen-bond donors (Lipinski definition) is 1. The summed E-state index contributed by atoms with van der Waals surface area (Å²) in [4.78, 5) is 11.8. The van der Waals surface area contributed by atoms with E-state index in [-0.39, 0.29) is 11.2 Å². The molecule has 19 heavy (non-hydrogen) atoms. The van der Waals surface area contributed by atoms with Crippen LogP contribution >= 0.6 is 11.8 Å². The fraction of sp³-hybridized carbons (Fsp3) is 0.417. The van der Waals surface area contributed by atoms with E-state index >= 15 is 0 Å². The van der Waals surface area contributed by atoms with Crippen LogP contribution in [0.5, 0.6) is 0 Å². The number of aryl methyl sites for hydroxylation is 3. The minimum atomic E-state index is 0.0129. The largest absolute Gasteiger partial charge is 0.310 e. The third kappa shape index (κ3) is 2.03. The molecule has 0 unspecified atom stereocenters. The lowest BCUT2D eigenvalue weighted by atomic mass is 10.1. The molecule has 100 valence electrons. The number of aromatic nitrogens is 4. The minimum absolute atomic E-state index is 0.0129. The van der Waals surface area contributed by atoms with E-state index in [9.17, 15) is 4.79 Å². The fourth-order valence-electron chi connectivity index (χ4n) is 2.35. The van der Waals surface area contributed by atoms with Crippen molar-refractivity contribution in [1.82, 2.24) is 19.6 Å². The predicted octanol–water partition coefficient (Wildman–Crippen LogP) is 1.24. The van der Waals surface area contributed by atoms with Gasteiger partial charge in [-0.2, -0.15) is 10.2 Å². The van der Waals surface area contributed by atoms with Crippen LogP contribution in [-0.2, 0) is 18.9 Å². The molecule has 1 aliphatic rings. The summed E-state index contributed by atoms with van der Waals surface area (Å²) in [6.45, 7) is 1.99. The average molecular weight is 277 g/mol. The van der Waals surface area contributed by atoms with Gasteiger partial charge in [-0.05, 0) is 6.92 Å². The number of amides is 1. The van der Waals surface area contributed by atoms with Crippen molar-refractivity contribution >= 4 is 23.5 Å². The zero-order valence-electron chi connectivity index (χ0n) is 11.0. The summed E-state index contributed by atoms with van der Waals surface area (Å²) in [6.07, 6.45) is 3.84. The fourth-order valence-corrected chi connectivity index (χ4v) is 3.50. The summed E-state index contributed by atoms with van der Waals surface area (Å²) in [6, 6.07) is 0. The van der Waals surface area contributed by atoms with Crippen LogP contribution in [-0.4, -0.2) is 31.2 Å². The molecule has 0 bridgehead atoms.